The van der Waals surface area contributed by atoms with Gasteiger partial charge in [-0.3, -0.25) is 4.79 Å². The van der Waals surface area contributed by atoms with E-state index in [1.165, 1.54) is 18.2 Å². The van der Waals surface area contributed by atoms with Crippen molar-refractivity contribution in [1.29, 1.82) is 0 Å². The first kappa shape index (κ1) is 20.4. The van der Waals surface area contributed by atoms with E-state index in [1.807, 2.05) is 30.3 Å². The van der Waals surface area contributed by atoms with Crippen LogP contribution in [-0.2, 0) is 6.54 Å². The normalized spacial score (nSPS) is 15.9. The minimum Gasteiger partial charge on any atom is -0.342 e. The van der Waals surface area contributed by atoms with Crippen molar-refractivity contribution >= 4 is 17.0 Å². The summed E-state index contributed by atoms with van der Waals surface area (Å²) in [5.41, 5.74) is 2.98. The molecule has 0 saturated carbocycles. The van der Waals surface area contributed by atoms with E-state index in [0.717, 1.165) is 54.3 Å². The molecule has 1 unspecified atom stereocenters. The second-order valence-electron chi connectivity index (χ2n) is 8.55. The summed E-state index contributed by atoms with van der Waals surface area (Å²) < 4.78 is 15.6. The highest BCUT2D eigenvalue weighted by Gasteiger charge is 2.28. The molecule has 0 spiro atoms. The molecule has 0 bridgehead atoms. The standard InChI is InChI=1S/C25H26FN5O/c1-17(24-27-13-10-23(32)29-24)19-11-14-30(15-12-19)25-28-21-4-2-3-5-22(21)31(25)16-18-6-8-20(26)9-7-18/h2-10,13,17,19H,11-12,14-16H2,1H3,(H,27,29,32). The maximum Gasteiger partial charge on any atom is 0.250 e. The summed E-state index contributed by atoms with van der Waals surface area (Å²) in [5, 5.41) is 0. The van der Waals surface area contributed by atoms with Crippen LogP contribution in [0.25, 0.3) is 11.0 Å². The summed E-state index contributed by atoms with van der Waals surface area (Å²) in [6.45, 7) is 4.56. The van der Waals surface area contributed by atoms with Crippen LogP contribution in [0, 0.1) is 11.7 Å². The van der Waals surface area contributed by atoms with Crippen molar-refractivity contribution in [3.05, 3.63) is 88.4 Å². The lowest BCUT2D eigenvalue weighted by Gasteiger charge is -2.35. The number of para-hydroxylation sites is 2. The Kier molecular flexibility index (Phi) is 5.47. The zero-order chi connectivity index (χ0) is 22.1. The number of nitrogens with zero attached hydrogens (tertiary/aromatic N) is 4. The van der Waals surface area contributed by atoms with Gasteiger partial charge < -0.3 is 14.5 Å². The molecule has 0 aliphatic carbocycles. The van der Waals surface area contributed by atoms with Crippen LogP contribution in [0.2, 0.25) is 0 Å². The van der Waals surface area contributed by atoms with Crippen LogP contribution in [0.3, 0.4) is 0 Å². The molecule has 32 heavy (non-hydrogen) atoms. The highest BCUT2D eigenvalue weighted by molar-refractivity contribution is 5.79. The Morgan fingerprint density at radius 3 is 2.59 bits per heavy atom. The molecule has 1 saturated heterocycles. The topological polar surface area (TPSA) is 66.8 Å². The predicted molar refractivity (Wildman–Crippen MR) is 123 cm³/mol. The Bertz CT molecular complexity index is 1270. The molecule has 1 fully saturated rings. The van der Waals surface area contributed by atoms with Crippen molar-refractivity contribution in [3.8, 4) is 0 Å². The van der Waals surface area contributed by atoms with Crippen molar-refractivity contribution in [2.24, 2.45) is 5.92 Å². The van der Waals surface area contributed by atoms with Crippen molar-refractivity contribution in [2.75, 3.05) is 18.0 Å². The summed E-state index contributed by atoms with van der Waals surface area (Å²) in [6, 6.07) is 16.3. The first-order valence-electron chi connectivity index (χ1n) is 11.1. The Morgan fingerprint density at radius 2 is 1.84 bits per heavy atom. The molecule has 2 aromatic heterocycles. The molecule has 3 heterocycles. The van der Waals surface area contributed by atoms with Gasteiger partial charge in [0, 0.05) is 31.3 Å². The van der Waals surface area contributed by atoms with Gasteiger partial charge in [-0.1, -0.05) is 31.2 Å². The van der Waals surface area contributed by atoms with Crippen LogP contribution in [0.4, 0.5) is 10.3 Å². The molecule has 1 aliphatic heterocycles. The van der Waals surface area contributed by atoms with Crippen LogP contribution in [0.5, 0.6) is 0 Å². The van der Waals surface area contributed by atoms with Crippen LogP contribution < -0.4 is 10.5 Å². The Hall–Kier alpha value is -3.48. The first-order chi connectivity index (χ1) is 15.6. The average Bonchev–Trinajstić information content (AvgIpc) is 3.18. The lowest BCUT2D eigenvalue weighted by molar-refractivity contribution is 0.342. The predicted octanol–water partition coefficient (Wildman–Crippen LogP) is 4.33. The SMILES string of the molecule is CC(c1nccc(=O)[nH]1)C1CCN(c2nc3ccccc3n2Cc2ccc(F)cc2)CC1. The summed E-state index contributed by atoms with van der Waals surface area (Å²) >= 11 is 0. The summed E-state index contributed by atoms with van der Waals surface area (Å²) in [5.74, 6) is 2.14. The summed E-state index contributed by atoms with van der Waals surface area (Å²) in [4.78, 5) is 26.2. The van der Waals surface area contributed by atoms with E-state index >= 15 is 0 Å². The lowest BCUT2D eigenvalue weighted by atomic mass is 9.85. The van der Waals surface area contributed by atoms with Crippen molar-refractivity contribution in [2.45, 2.75) is 32.2 Å². The van der Waals surface area contributed by atoms with E-state index in [4.69, 9.17) is 4.98 Å². The zero-order valence-corrected chi connectivity index (χ0v) is 18.0. The Morgan fingerprint density at radius 1 is 1.09 bits per heavy atom. The second kappa shape index (κ2) is 8.57. The van der Waals surface area contributed by atoms with Gasteiger partial charge in [-0.05, 0) is 48.6 Å². The van der Waals surface area contributed by atoms with E-state index in [1.54, 1.807) is 6.20 Å². The molecule has 1 aliphatic rings. The van der Waals surface area contributed by atoms with E-state index in [2.05, 4.69) is 32.4 Å². The monoisotopic (exact) mass is 431 g/mol. The fraction of sp³-hybridized carbons (Fsp3) is 0.320. The third-order valence-electron chi connectivity index (χ3n) is 6.54. The molecule has 0 radical (unpaired) electrons. The molecular weight excluding hydrogens is 405 g/mol. The maximum atomic E-state index is 13.4. The van der Waals surface area contributed by atoms with Gasteiger partial charge in [0.2, 0.25) is 5.95 Å². The zero-order valence-electron chi connectivity index (χ0n) is 18.0. The van der Waals surface area contributed by atoms with Crippen LogP contribution in [-0.4, -0.2) is 32.6 Å². The summed E-state index contributed by atoms with van der Waals surface area (Å²) in [6.07, 6.45) is 3.58. The molecule has 1 N–H and O–H groups in total. The summed E-state index contributed by atoms with van der Waals surface area (Å²) in [7, 11) is 0. The van der Waals surface area contributed by atoms with Crippen LogP contribution in [0.1, 0.15) is 37.1 Å². The largest absolute Gasteiger partial charge is 0.342 e. The maximum absolute atomic E-state index is 13.4. The molecule has 0 amide bonds. The third kappa shape index (κ3) is 4.02. The lowest BCUT2D eigenvalue weighted by Crippen LogP contribution is -2.37. The van der Waals surface area contributed by atoms with E-state index < -0.39 is 0 Å². The minimum atomic E-state index is -0.227. The second-order valence-corrected chi connectivity index (χ2v) is 8.55. The molecule has 7 heteroatoms. The van der Waals surface area contributed by atoms with Gasteiger partial charge >= 0.3 is 0 Å². The molecular formula is C25H26FN5O. The smallest absolute Gasteiger partial charge is 0.250 e. The van der Waals surface area contributed by atoms with Gasteiger partial charge in [-0.15, -0.1) is 0 Å². The highest BCUT2D eigenvalue weighted by Crippen LogP contribution is 2.33. The number of rotatable bonds is 5. The molecule has 5 rings (SSSR count). The van der Waals surface area contributed by atoms with Crippen LogP contribution >= 0.6 is 0 Å². The van der Waals surface area contributed by atoms with Crippen LogP contribution in [0.15, 0.2) is 65.6 Å². The number of piperidine rings is 1. The third-order valence-corrected chi connectivity index (χ3v) is 6.54. The van der Waals surface area contributed by atoms with Gasteiger partial charge in [0.1, 0.15) is 11.6 Å². The highest BCUT2D eigenvalue weighted by atomic mass is 19.1. The van der Waals surface area contributed by atoms with E-state index in [9.17, 15) is 9.18 Å². The number of H-pyrrole nitrogens is 1. The number of hydrogen-bond acceptors (Lipinski definition) is 4. The van der Waals surface area contributed by atoms with Gasteiger partial charge in [0.25, 0.3) is 5.56 Å². The van der Waals surface area contributed by atoms with Gasteiger partial charge in [-0.25, -0.2) is 14.4 Å². The minimum absolute atomic E-state index is 0.103. The molecule has 1 atom stereocenters. The Balaban J connectivity index is 1.38. The molecule has 164 valence electrons. The number of halogens is 1. The first-order valence-corrected chi connectivity index (χ1v) is 11.1. The number of nitrogens with one attached hydrogen (secondary N) is 1. The number of benzene rings is 2. The van der Waals surface area contributed by atoms with Crippen molar-refractivity contribution in [3.63, 3.8) is 0 Å². The van der Waals surface area contributed by atoms with E-state index in [-0.39, 0.29) is 17.3 Å². The number of hydrogen-bond donors (Lipinski definition) is 1. The van der Waals surface area contributed by atoms with E-state index in [0.29, 0.717) is 12.5 Å². The van der Waals surface area contributed by atoms with Crippen molar-refractivity contribution in [1.82, 2.24) is 19.5 Å². The number of anilines is 1. The molecule has 4 aromatic rings. The average molecular weight is 432 g/mol. The number of fused-ring (bicyclic) bond motifs is 1. The number of imidazole rings is 1. The van der Waals surface area contributed by atoms with Gasteiger partial charge in [-0.2, -0.15) is 0 Å². The fourth-order valence-corrected chi connectivity index (χ4v) is 4.67. The van der Waals surface area contributed by atoms with Crippen molar-refractivity contribution < 1.29 is 4.39 Å². The quantitative estimate of drug-likeness (QED) is 0.511. The number of aromatic nitrogens is 4. The molecule has 6 nitrogen and oxygen atoms in total. The van der Waals surface area contributed by atoms with Gasteiger partial charge in [0.05, 0.1) is 17.6 Å². The van der Waals surface area contributed by atoms with Gasteiger partial charge in [0.15, 0.2) is 0 Å². The number of aromatic amines is 1. The molecule has 2 aromatic carbocycles. The Labute approximate surface area is 185 Å². The fourth-order valence-electron chi connectivity index (χ4n) is 4.67.